The second-order valence-corrected chi connectivity index (χ2v) is 9.63. The minimum atomic E-state index is -0.300. The van der Waals surface area contributed by atoms with Gasteiger partial charge >= 0.3 is 6.03 Å². The monoisotopic (exact) mass is 439 g/mol. The molecule has 2 unspecified atom stereocenters. The zero-order valence-electron chi connectivity index (χ0n) is 20.4. The van der Waals surface area contributed by atoms with Crippen molar-refractivity contribution in [3.05, 3.63) is 58.7 Å². The fourth-order valence-electron chi connectivity index (χ4n) is 4.46. The molecule has 0 aliphatic carbocycles. The van der Waals surface area contributed by atoms with Crippen LogP contribution in [0.4, 0.5) is 4.79 Å². The molecule has 32 heavy (non-hydrogen) atoms. The lowest BCUT2D eigenvalue weighted by atomic mass is 9.87. The van der Waals surface area contributed by atoms with Gasteiger partial charge in [-0.3, -0.25) is 4.90 Å². The lowest BCUT2D eigenvalue weighted by molar-refractivity contribution is 0.142. The Morgan fingerprint density at radius 1 is 1.16 bits per heavy atom. The molecule has 0 saturated heterocycles. The van der Waals surface area contributed by atoms with Crippen molar-refractivity contribution in [2.24, 2.45) is 0 Å². The van der Waals surface area contributed by atoms with E-state index in [2.05, 4.69) is 65.8 Å². The largest absolute Gasteiger partial charge is 0.493 e. The first-order chi connectivity index (χ1) is 15.1. The maximum atomic E-state index is 12.7. The summed E-state index contributed by atoms with van der Waals surface area (Å²) in [5.41, 5.74) is 4.68. The quantitative estimate of drug-likeness (QED) is 0.691. The number of rotatable bonds is 6. The maximum absolute atomic E-state index is 12.7. The van der Waals surface area contributed by atoms with Crippen LogP contribution in [0.2, 0.25) is 0 Å². The number of carbonyl (C=O) groups is 1. The second kappa shape index (κ2) is 9.82. The summed E-state index contributed by atoms with van der Waals surface area (Å²) in [6.07, 6.45) is 0.916. The molecule has 0 radical (unpaired) electrons. The van der Waals surface area contributed by atoms with Gasteiger partial charge in [-0.1, -0.05) is 24.3 Å². The highest BCUT2D eigenvalue weighted by Crippen LogP contribution is 2.40. The first-order valence-electron chi connectivity index (χ1n) is 11.2. The fraction of sp³-hybridized carbons (Fsp3) is 0.500. The molecule has 6 heteroatoms. The number of carbonyl (C=O) groups excluding carboxylic acids is 1. The van der Waals surface area contributed by atoms with Crippen LogP contribution in [0.15, 0.2) is 36.4 Å². The molecular weight excluding hydrogens is 402 g/mol. The molecule has 1 aliphatic rings. The Labute approximate surface area is 192 Å². The van der Waals surface area contributed by atoms with Gasteiger partial charge in [-0.15, -0.1) is 0 Å². The molecule has 2 amide bonds. The van der Waals surface area contributed by atoms with Crippen LogP contribution in [0.25, 0.3) is 0 Å². The SMILES string of the molecule is COc1cc2c(cc1OC)C(C(C)NC(=O)NC(C)(C)C)N(Cc1ccccc1C)CC2. The maximum Gasteiger partial charge on any atom is 0.315 e. The third-order valence-corrected chi connectivity index (χ3v) is 5.98. The molecule has 2 N–H and O–H groups in total. The van der Waals surface area contributed by atoms with Crippen LogP contribution in [-0.4, -0.2) is 43.3 Å². The van der Waals surface area contributed by atoms with Gasteiger partial charge in [-0.25, -0.2) is 4.79 Å². The van der Waals surface area contributed by atoms with Crippen LogP contribution < -0.4 is 20.1 Å². The van der Waals surface area contributed by atoms with E-state index in [4.69, 9.17) is 9.47 Å². The topological polar surface area (TPSA) is 62.8 Å². The first kappa shape index (κ1) is 23.9. The van der Waals surface area contributed by atoms with E-state index in [9.17, 15) is 4.79 Å². The summed E-state index contributed by atoms with van der Waals surface area (Å²) in [5, 5.41) is 6.19. The van der Waals surface area contributed by atoms with E-state index in [0.29, 0.717) is 5.75 Å². The first-order valence-corrected chi connectivity index (χ1v) is 11.2. The normalized spacial score (nSPS) is 17.3. The number of methoxy groups -OCH3 is 2. The Bertz CT molecular complexity index is 952. The lowest BCUT2D eigenvalue weighted by Gasteiger charge is -2.41. The van der Waals surface area contributed by atoms with Crippen molar-refractivity contribution in [3.63, 3.8) is 0 Å². The Kier molecular flexibility index (Phi) is 7.34. The number of nitrogens with zero attached hydrogens (tertiary/aromatic N) is 1. The van der Waals surface area contributed by atoms with Gasteiger partial charge in [0.25, 0.3) is 0 Å². The number of hydrogen-bond acceptors (Lipinski definition) is 4. The van der Waals surface area contributed by atoms with E-state index in [1.807, 2.05) is 20.8 Å². The fourth-order valence-corrected chi connectivity index (χ4v) is 4.46. The third-order valence-electron chi connectivity index (χ3n) is 5.98. The van der Waals surface area contributed by atoms with E-state index in [0.717, 1.165) is 25.3 Å². The molecule has 2 atom stereocenters. The van der Waals surface area contributed by atoms with Crippen molar-refractivity contribution in [1.29, 1.82) is 0 Å². The van der Waals surface area contributed by atoms with Crippen LogP contribution in [0.3, 0.4) is 0 Å². The standard InChI is InChI=1S/C26H37N3O3/c1-17-10-8-9-11-20(17)16-29-13-12-19-14-22(31-6)23(32-7)15-21(19)24(29)18(2)27-25(30)28-26(3,4)5/h8-11,14-15,18,24H,12-13,16H2,1-7H3,(H2,27,28,30). The molecule has 6 nitrogen and oxygen atoms in total. The van der Waals surface area contributed by atoms with Crippen LogP contribution in [0.5, 0.6) is 11.5 Å². The predicted octanol–water partition coefficient (Wildman–Crippen LogP) is 4.60. The highest BCUT2D eigenvalue weighted by atomic mass is 16.5. The van der Waals surface area contributed by atoms with Gasteiger partial charge in [0.2, 0.25) is 0 Å². The molecule has 0 fully saturated rings. The van der Waals surface area contributed by atoms with Gasteiger partial charge in [-0.2, -0.15) is 0 Å². The zero-order chi connectivity index (χ0) is 23.5. The average Bonchev–Trinajstić information content (AvgIpc) is 2.72. The Morgan fingerprint density at radius 3 is 2.44 bits per heavy atom. The Morgan fingerprint density at radius 2 is 1.81 bits per heavy atom. The molecule has 1 aliphatic heterocycles. The van der Waals surface area contributed by atoms with Crippen LogP contribution in [-0.2, 0) is 13.0 Å². The number of hydrogen-bond donors (Lipinski definition) is 2. The van der Waals surface area contributed by atoms with Gasteiger partial charge in [0.1, 0.15) is 0 Å². The van der Waals surface area contributed by atoms with E-state index < -0.39 is 0 Å². The third kappa shape index (κ3) is 5.54. The highest BCUT2D eigenvalue weighted by molar-refractivity contribution is 5.75. The van der Waals surface area contributed by atoms with Gasteiger partial charge < -0.3 is 20.1 Å². The average molecular weight is 440 g/mol. The van der Waals surface area contributed by atoms with Crippen molar-refractivity contribution in [2.75, 3.05) is 20.8 Å². The van der Waals surface area contributed by atoms with E-state index in [1.165, 1.54) is 22.3 Å². The van der Waals surface area contributed by atoms with Gasteiger partial charge in [-0.05, 0) is 75.4 Å². The van der Waals surface area contributed by atoms with E-state index in [-0.39, 0.29) is 23.7 Å². The zero-order valence-corrected chi connectivity index (χ0v) is 20.4. The number of fused-ring (bicyclic) bond motifs is 1. The molecule has 1 heterocycles. The van der Waals surface area contributed by atoms with Gasteiger partial charge in [0.05, 0.1) is 20.3 Å². The number of aryl methyl sites for hydroxylation is 1. The molecule has 0 aromatic heterocycles. The number of amides is 2. The second-order valence-electron chi connectivity index (χ2n) is 9.63. The highest BCUT2D eigenvalue weighted by Gasteiger charge is 2.34. The summed E-state index contributed by atoms with van der Waals surface area (Å²) in [6.45, 7) is 11.9. The summed E-state index contributed by atoms with van der Waals surface area (Å²) in [5.74, 6) is 1.45. The number of benzene rings is 2. The van der Waals surface area contributed by atoms with Gasteiger partial charge in [0, 0.05) is 24.7 Å². The van der Waals surface area contributed by atoms with Crippen molar-refractivity contribution in [3.8, 4) is 11.5 Å². The van der Waals surface area contributed by atoms with Crippen LogP contribution in [0, 0.1) is 6.92 Å². The number of urea groups is 1. The van der Waals surface area contributed by atoms with E-state index in [1.54, 1.807) is 14.2 Å². The van der Waals surface area contributed by atoms with E-state index >= 15 is 0 Å². The van der Waals surface area contributed by atoms with Crippen molar-refractivity contribution in [2.45, 2.75) is 65.2 Å². The number of nitrogens with one attached hydrogen (secondary N) is 2. The van der Waals surface area contributed by atoms with Crippen molar-refractivity contribution >= 4 is 6.03 Å². The summed E-state index contributed by atoms with van der Waals surface area (Å²) < 4.78 is 11.1. The van der Waals surface area contributed by atoms with Crippen LogP contribution in [0.1, 0.15) is 56.0 Å². The Balaban J connectivity index is 1.97. The molecular formula is C26H37N3O3. The summed E-state index contributed by atoms with van der Waals surface area (Å²) in [4.78, 5) is 15.1. The molecule has 174 valence electrons. The Hall–Kier alpha value is -2.73. The summed E-state index contributed by atoms with van der Waals surface area (Å²) in [6, 6.07) is 12.4. The lowest BCUT2D eigenvalue weighted by Crippen LogP contribution is -2.53. The number of ether oxygens (including phenoxy) is 2. The molecule has 2 aromatic rings. The molecule has 0 bridgehead atoms. The van der Waals surface area contributed by atoms with Gasteiger partial charge in [0.15, 0.2) is 11.5 Å². The van der Waals surface area contributed by atoms with Crippen LogP contribution >= 0.6 is 0 Å². The van der Waals surface area contributed by atoms with Crippen molar-refractivity contribution < 1.29 is 14.3 Å². The summed E-state index contributed by atoms with van der Waals surface area (Å²) in [7, 11) is 3.32. The van der Waals surface area contributed by atoms with Crippen molar-refractivity contribution in [1.82, 2.24) is 15.5 Å². The predicted molar refractivity (Wildman–Crippen MR) is 128 cm³/mol. The molecule has 3 rings (SSSR count). The molecule has 0 saturated carbocycles. The smallest absolute Gasteiger partial charge is 0.315 e. The minimum Gasteiger partial charge on any atom is -0.493 e. The molecule has 0 spiro atoms. The summed E-state index contributed by atoms with van der Waals surface area (Å²) >= 11 is 0. The minimum absolute atomic E-state index is 0.00359. The molecule has 2 aromatic carbocycles.